The zero-order chi connectivity index (χ0) is 23.5. The SMILES string of the molecule is Cn1c(N2CCOC(C(=O)c3cccc(-c4ccccc4)c3)C2)nc(-c2ccncn2)cc1=O. The second-order valence-electron chi connectivity index (χ2n) is 8.05. The van der Waals surface area contributed by atoms with E-state index in [1.54, 1.807) is 25.4 Å². The molecule has 0 spiro atoms. The van der Waals surface area contributed by atoms with Gasteiger partial charge in [-0.2, -0.15) is 0 Å². The van der Waals surface area contributed by atoms with Crippen molar-refractivity contribution in [3.8, 4) is 22.5 Å². The molecule has 0 N–H and O–H groups in total. The number of hydrogen-bond acceptors (Lipinski definition) is 7. The Hall–Kier alpha value is -4.17. The molecule has 1 aliphatic heterocycles. The van der Waals surface area contributed by atoms with Crippen molar-refractivity contribution < 1.29 is 9.53 Å². The minimum atomic E-state index is -0.667. The van der Waals surface area contributed by atoms with Crippen LogP contribution in [-0.2, 0) is 11.8 Å². The maximum Gasteiger partial charge on any atom is 0.255 e. The number of nitrogens with zero attached hydrogens (tertiary/aromatic N) is 5. The van der Waals surface area contributed by atoms with Gasteiger partial charge in [-0.3, -0.25) is 14.2 Å². The van der Waals surface area contributed by atoms with Crippen LogP contribution in [0, 0.1) is 0 Å². The number of ketones is 1. The summed E-state index contributed by atoms with van der Waals surface area (Å²) in [7, 11) is 1.67. The molecule has 8 heteroatoms. The summed E-state index contributed by atoms with van der Waals surface area (Å²) in [6.45, 7) is 1.16. The van der Waals surface area contributed by atoms with Gasteiger partial charge in [0.2, 0.25) is 5.95 Å². The number of hydrogen-bond donors (Lipinski definition) is 0. The monoisotopic (exact) mass is 453 g/mol. The Kier molecular flexibility index (Phi) is 5.97. The van der Waals surface area contributed by atoms with Crippen LogP contribution in [0.25, 0.3) is 22.5 Å². The van der Waals surface area contributed by atoms with E-state index in [0.29, 0.717) is 42.6 Å². The molecule has 8 nitrogen and oxygen atoms in total. The van der Waals surface area contributed by atoms with E-state index in [9.17, 15) is 9.59 Å². The van der Waals surface area contributed by atoms with Gasteiger partial charge in [-0.05, 0) is 23.3 Å². The summed E-state index contributed by atoms with van der Waals surface area (Å²) in [6.07, 6.45) is 2.36. The van der Waals surface area contributed by atoms with Crippen LogP contribution in [0.1, 0.15) is 10.4 Å². The molecule has 1 aliphatic rings. The predicted octanol–water partition coefficient (Wildman–Crippen LogP) is 2.99. The highest BCUT2D eigenvalue weighted by Crippen LogP contribution is 2.23. The zero-order valence-electron chi connectivity index (χ0n) is 18.7. The van der Waals surface area contributed by atoms with Gasteiger partial charge in [0.1, 0.15) is 12.4 Å². The lowest BCUT2D eigenvalue weighted by Crippen LogP contribution is -2.48. The Balaban J connectivity index is 1.41. The Morgan fingerprint density at radius 1 is 1.00 bits per heavy atom. The fourth-order valence-electron chi connectivity index (χ4n) is 4.04. The van der Waals surface area contributed by atoms with E-state index in [1.807, 2.05) is 53.4 Å². The van der Waals surface area contributed by atoms with Crippen molar-refractivity contribution >= 4 is 11.7 Å². The van der Waals surface area contributed by atoms with Gasteiger partial charge in [0, 0.05) is 31.4 Å². The van der Waals surface area contributed by atoms with Crippen molar-refractivity contribution in [1.29, 1.82) is 0 Å². The molecule has 34 heavy (non-hydrogen) atoms. The number of anilines is 1. The second kappa shape index (κ2) is 9.36. The van der Waals surface area contributed by atoms with Crippen LogP contribution < -0.4 is 10.5 Å². The molecule has 5 rings (SSSR count). The summed E-state index contributed by atoms with van der Waals surface area (Å²) in [5.74, 6) is 0.375. The quantitative estimate of drug-likeness (QED) is 0.429. The third-order valence-corrected chi connectivity index (χ3v) is 5.85. The van der Waals surface area contributed by atoms with Crippen LogP contribution in [0.2, 0.25) is 0 Å². The molecule has 1 saturated heterocycles. The van der Waals surface area contributed by atoms with E-state index in [0.717, 1.165) is 11.1 Å². The zero-order valence-corrected chi connectivity index (χ0v) is 18.7. The van der Waals surface area contributed by atoms with Crippen LogP contribution >= 0.6 is 0 Å². The fourth-order valence-corrected chi connectivity index (χ4v) is 4.04. The molecular formula is C26H23N5O3. The second-order valence-corrected chi connectivity index (χ2v) is 8.05. The molecule has 170 valence electrons. The Bertz CT molecular complexity index is 1370. The Morgan fingerprint density at radius 3 is 2.62 bits per heavy atom. The van der Waals surface area contributed by atoms with Crippen LogP contribution in [0.15, 0.2) is 84.0 Å². The van der Waals surface area contributed by atoms with Crippen LogP contribution in [-0.4, -0.2) is 51.1 Å². The number of benzene rings is 2. The topological polar surface area (TPSA) is 90.2 Å². The summed E-state index contributed by atoms with van der Waals surface area (Å²) in [6, 6.07) is 20.6. The van der Waals surface area contributed by atoms with Gasteiger partial charge < -0.3 is 9.64 Å². The van der Waals surface area contributed by atoms with E-state index in [2.05, 4.69) is 15.0 Å². The first-order valence-electron chi connectivity index (χ1n) is 11.0. The molecule has 1 atom stereocenters. The maximum absolute atomic E-state index is 13.3. The summed E-state index contributed by atoms with van der Waals surface area (Å²) >= 11 is 0. The first-order chi connectivity index (χ1) is 16.6. The number of morpholine rings is 1. The highest BCUT2D eigenvalue weighted by Gasteiger charge is 2.30. The van der Waals surface area contributed by atoms with Crippen molar-refractivity contribution in [2.24, 2.45) is 7.05 Å². The molecular weight excluding hydrogens is 430 g/mol. The number of carbonyl (C=O) groups is 1. The molecule has 0 aliphatic carbocycles. The molecule has 2 aromatic heterocycles. The van der Waals surface area contributed by atoms with Gasteiger partial charge in [0.05, 0.1) is 24.5 Å². The molecule has 3 heterocycles. The van der Waals surface area contributed by atoms with Gasteiger partial charge in [-0.15, -0.1) is 0 Å². The van der Waals surface area contributed by atoms with E-state index in [1.165, 1.54) is 17.0 Å². The third-order valence-electron chi connectivity index (χ3n) is 5.85. The number of Topliss-reactive ketones (excluding diaryl/α,β-unsaturated/α-hetero) is 1. The molecule has 0 radical (unpaired) electrons. The number of rotatable bonds is 5. The van der Waals surface area contributed by atoms with Crippen molar-refractivity contribution in [3.05, 3.63) is 95.2 Å². The van der Waals surface area contributed by atoms with Crippen LogP contribution in [0.3, 0.4) is 0 Å². The number of carbonyl (C=O) groups excluding carboxylic acids is 1. The lowest BCUT2D eigenvalue weighted by molar-refractivity contribution is 0.0337. The van der Waals surface area contributed by atoms with Gasteiger partial charge >= 0.3 is 0 Å². The van der Waals surface area contributed by atoms with Crippen molar-refractivity contribution in [2.75, 3.05) is 24.6 Å². The van der Waals surface area contributed by atoms with Gasteiger partial charge in [-0.25, -0.2) is 15.0 Å². The molecule has 4 aromatic rings. The van der Waals surface area contributed by atoms with Crippen molar-refractivity contribution in [1.82, 2.24) is 19.5 Å². The summed E-state index contributed by atoms with van der Waals surface area (Å²) in [5.41, 5.74) is 3.43. The van der Waals surface area contributed by atoms with Crippen molar-refractivity contribution in [2.45, 2.75) is 6.10 Å². The third kappa shape index (κ3) is 4.35. The first-order valence-corrected chi connectivity index (χ1v) is 11.0. The first kappa shape index (κ1) is 21.7. The highest BCUT2D eigenvalue weighted by molar-refractivity contribution is 6.01. The van der Waals surface area contributed by atoms with E-state index in [-0.39, 0.29) is 11.3 Å². The van der Waals surface area contributed by atoms with Gasteiger partial charge in [0.25, 0.3) is 5.56 Å². The largest absolute Gasteiger partial charge is 0.366 e. The number of aromatic nitrogens is 4. The Morgan fingerprint density at radius 2 is 1.82 bits per heavy atom. The van der Waals surface area contributed by atoms with E-state index >= 15 is 0 Å². The highest BCUT2D eigenvalue weighted by atomic mass is 16.5. The smallest absolute Gasteiger partial charge is 0.255 e. The van der Waals surface area contributed by atoms with Crippen LogP contribution in [0.5, 0.6) is 0 Å². The molecule has 0 amide bonds. The summed E-state index contributed by atoms with van der Waals surface area (Å²) in [4.78, 5) is 40.7. The lowest BCUT2D eigenvalue weighted by atomic mass is 9.99. The minimum Gasteiger partial charge on any atom is -0.366 e. The Labute approximate surface area is 196 Å². The van der Waals surface area contributed by atoms with Gasteiger partial charge in [0.15, 0.2) is 5.78 Å². The molecule has 0 saturated carbocycles. The normalized spacial score (nSPS) is 15.8. The molecule has 0 bridgehead atoms. The molecule has 1 fully saturated rings. The average molecular weight is 454 g/mol. The standard InChI is InChI=1S/C26H23N5O3/c1-30-24(32)15-22(21-10-11-27-17-28-21)29-26(30)31-12-13-34-23(16-31)25(33)20-9-5-8-19(14-20)18-6-3-2-4-7-18/h2-11,14-15,17,23H,12-13,16H2,1H3. The van der Waals surface area contributed by atoms with Gasteiger partial charge in [-0.1, -0.05) is 48.5 Å². The average Bonchev–Trinajstić information content (AvgIpc) is 2.91. The van der Waals surface area contributed by atoms with Crippen LogP contribution in [0.4, 0.5) is 5.95 Å². The van der Waals surface area contributed by atoms with Crippen molar-refractivity contribution in [3.63, 3.8) is 0 Å². The number of ether oxygens (including phenoxy) is 1. The minimum absolute atomic E-state index is 0.0977. The van der Waals surface area contributed by atoms with E-state index in [4.69, 9.17) is 4.74 Å². The lowest BCUT2D eigenvalue weighted by Gasteiger charge is -2.33. The van der Waals surface area contributed by atoms with E-state index < -0.39 is 6.10 Å². The summed E-state index contributed by atoms with van der Waals surface area (Å²) < 4.78 is 7.33. The molecule has 2 aromatic carbocycles. The predicted molar refractivity (Wildman–Crippen MR) is 129 cm³/mol. The maximum atomic E-state index is 13.3. The molecule has 1 unspecified atom stereocenters. The summed E-state index contributed by atoms with van der Waals surface area (Å²) in [5, 5.41) is 0. The fraction of sp³-hybridized carbons (Fsp3) is 0.192.